The Hall–Kier alpha value is -2.65. The van der Waals surface area contributed by atoms with E-state index in [1.165, 1.54) is 0 Å². The lowest BCUT2D eigenvalue weighted by Crippen LogP contribution is -2.34. The SMILES string of the molecule is COc1cc(CNC(=O)C2CCC(NS(C)(=O)=O)C2)c(-c2ccc[nH]c2=O)cc1C(C)(C)C. The lowest BCUT2D eigenvalue weighted by molar-refractivity contribution is -0.125. The van der Waals surface area contributed by atoms with Gasteiger partial charge in [-0.15, -0.1) is 0 Å². The molecule has 0 radical (unpaired) electrons. The van der Waals surface area contributed by atoms with Crippen molar-refractivity contribution in [2.75, 3.05) is 13.4 Å². The number of pyridine rings is 1. The predicted octanol–water partition coefficient (Wildman–Crippen LogP) is 2.68. The maximum atomic E-state index is 12.8. The minimum Gasteiger partial charge on any atom is -0.496 e. The summed E-state index contributed by atoms with van der Waals surface area (Å²) in [6.07, 6.45) is 4.43. The zero-order valence-electron chi connectivity index (χ0n) is 19.8. The quantitative estimate of drug-likeness (QED) is 0.569. The van der Waals surface area contributed by atoms with Gasteiger partial charge < -0.3 is 15.0 Å². The van der Waals surface area contributed by atoms with E-state index in [-0.39, 0.29) is 35.4 Å². The van der Waals surface area contributed by atoms with E-state index in [0.717, 1.165) is 22.9 Å². The van der Waals surface area contributed by atoms with Gasteiger partial charge in [0.05, 0.1) is 13.4 Å². The lowest BCUT2D eigenvalue weighted by Gasteiger charge is -2.25. The van der Waals surface area contributed by atoms with E-state index in [4.69, 9.17) is 4.74 Å². The number of carbonyl (C=O) groups excluding carboxylic acids is 1. The van der Waals surface area contributed by atoms with Gasteiger partial charge in [0.2, 0.25) is 15.9 Å². The van der Waals surface area contributed by atoms with E-state index >= 15 is 0 Å². The number of sulfonamides is 1. The fourth-order valence-corrected chi connectivity index (χ4v) is 5.18. The van der Waals surface area contributed by atoms with Crippen LogP contribution in [0.15, 0.2) is 35.3 Å². The van der Waals surface area contributed by atoms with E-state index < -0.39 is 10.0 Å². The van der Waals surface area contributed by atoms with Crippen molar-refractivity contribution in [2.24, 2.45) is 5.92 Å². The Labute approximate surface area is 195 Å². The average molecular weight is 476 g/mol. The first kappa shape index (κ1) is 25.0. The zero-order valence-corrected chi connectivity index (χ0v) is 20.6. The van der Waals surface area contributed by atoms with Crippen LogP contribution in [0.4, 0.5) is 0 Å². The summed E-state index contributed by atoms with van der Waals surface area (Å²) in [4.78, 5) is 28.1. The summed E-state index contributed by atoms with van der Waals surface area (Å²) in [5.74, 6) is 0.310. The fourth-order valence-electron chi connectivity index (χ4n) is 4.36. The van der Waals surface area contributed by atoms with Gasteiger partial charge in [-0.1, -0.05) is 20.8 Å². The standard InChI is InChI=1S/C24H33N3O5S/c1-24(2,3)20-13-19(18-7-6-10-25-23(18)29)16(12-21(20)32-4)14-26-22(28)15-8-9-17(11-15)27-33(5,30)31/h6-7,10,12-13,15,17,27H,8-9,11,14H2,1-5H3,(H,25,29)(H,26,28). The summed E-state index contributed by atoms with van der Waals surface area (Å²) in [6.45, 7) is 6.45. The molecule has 0 saturated heterocycles. The minimum atomic E-state index is -3.30. The Morgan fingerprint density at radius 1 is 1.21 bits per heavy atom. The first-order valence-corrected chi connectivity index (χ1v) is 12.9. The molecule has 3 N–H and O–H groups in total. The van der Waals surface area contributed by atoms with E-state index in [2.05, 4.69) is 35.8 Å². The Morgan fingerprint density at radius 3 is 2.55 bits per heavy atom. The Balaban J connectivity index is 1.87. The number of nitrogens with one attached hydrogen (secondary N) is 3. The average Bonchev–Trinajstić information content (AvgIpc) is 3.18. The highest BCUT2D eigenvalue weighted by molar-refractivity contribution is 7.88. The van der Waals surface area contributed by atoms with Gasteiger partial charge in [-0.2, -0.15) is 0 Å². The summed E-state index contributed by atoms with van der Waals surface area (Å²) in [5, 5.41) is 2.98. The molecule has 2 atom stereocenters. The highest BCUT2D eigenvalue weighted by Gasteiger charge is 2.31. The van der Waals surface area contributed by atoms with Crippen LogP contribution < -0.4 is 20.3 Å². The number of rotatable bonds is 7. The zero-order chi connectivity index (χ0) is 24.4. The first-order chi connectivity index (χ1) is 15.4. The normalized spacial score (nSPS) is 18.8. The van der Waals surface area contributed by atoms with Crippen molar-refractivity contribution in [3.8, 4) is 16.9 Å². The second kappa shape index (κ2) is 9.69. The molecule has 1 aliphatic carbocycles. The van der Waals surface area contributed by atoms with E-state index in [1.807, 2.05) is 12.1 Å². The third-order valence-corrected chi connectivity index (χ3v) is 6.74. The van der Waals surface area contributed by atoms with Gasteiger partial charge >= 0.3 is 0 Å². The smallest absolute Gasteiger partial charge is 0.255 e. The molecule has 1 aliphatic rings. The molecule has 180 valence electrons. The van der Waals surface area contributed by atoms with Crippen LogP contribution >= 0.6 is 0 Å². The summed E-state index contributed by atoms with van der Waals surface area (Å²) < 4.78 is 31.2. The van der Waals surface area contributed by atoms with Crippen LogP contribution in [0.25, 0.3) is 11.1 Å². The fraction of sp³-hybridized carbons (Fsp3) is 0.500. The van der Waals surface area contributed by atoms with E-state index in [1.54, 1.807) is 25.4 Å². The molecule has 2 unspecified atom stereocenters. The van der Waals surface area contributed by atoms with Crippen molar-refractivity contribution in [3.63, 3.8) is 0 Å². The monoisotopic (exact) mass is 475 g/mol. The van der Waals surface area contributed by atoms with Gasteiger partial charge in [0.15, 0.2) is 0 Å². The highest BCUT2D eigenvalue weighted by Crippen LogP contribution is 2.37. The van der Waals surface area contributed by atoms with Gasteiger partial charge in [-0.05, 0) is 60.1 Å². The van der Waals surface area contributed by atoms with Crippen LogP contribution in [0.5, 0.6) is 5.75 Å². The third-order valence-electron chi connectivity index (χ3n) is 5.98. The molecule has 33 heavy (non-hydrogen) atoms. The number of hydrogen-bond acceptors (Lipinski definition) is 5. The molecule has 8 nitrogen and oxygen atoms in total. The molecule has 1 aromatic heterocycles. The molecule has 2 aromatic rings. The van der Waals surface area contributed by atoms with Crippen LogP contribution in [0.1, 0.15) is 51.2 Å². The molecular formula is C24H33N3O5S. The molecule has 1 aromatic carbocycles. The summed E-state index contributed by atoms with van der Waals surface area (Å²) in [6, 6.07) is 7.16. The van der Waals surface area contributed by atoms with Crippen molar-refractivity contribution in [2.45, 2.75) is 58.0 Å². The second-order valence-corrected chi connectivity index (χ2v) is 11.5. The second-order valence-electron chi connectivity index (χ2n) is 9.69. The van der Waals surface area contributed by atoms with Crippen LogP contribution in [0.2, 0.25) is 0 Å². The molecule has 9 heteroatoms. The van der Waals surface area contributed by atoms with Crippen molar-refractivity contribution < 1.29 is 17.9 Å². The number of aromatic nitrogens is 1. The Bertz CT molecular complexity index is 1180. The van der Waals surface area contributed by atoms with Crippen molar-refractivity contribution >= 4 is 15.9 Å². The van der Waals surface area contributed by atoms with Gasteiger partial charge in [0, 0.05) is 35.8 Å². The number of aromatic amines is 1. The summed E-state index contributed by atoms with van der Waals surface area (Å²) in [7, 11) is -1.70. The van der Waals surface area contributed by atoms with Crippen LogP contribution in [-0.2, 0) is 26.8 Å². The topological polar surface area (TPSA) is 117 Å². The third kappa shape index (κ3) is 6.23. The molecule has 1 amide bonds. The van der Waals surface area contributed by atoms with Crippen molar-refractivity contribution in [3.05, 3.63) is 51.9 Å². The van der Waals surface area contributed by atoms with Crippen molar-refractivity contribution in [1.82, 2.24) is 15.0 Å². The Kier molecular flexibility index (Phi) is 7.33. The van der Waals surface area contributed by atoms with Crippen LogP contribution in [0.3, 0.4) is 0 Å². The highest BCUT2D eigenvalue weighted by atomic mass is 32.2. The van der Waals surface area contributed by atoms with Crippen molar-refractivity contribution in [1.29, 1.82) is 0 Å². The maximum Gasteiger partial charge on any atom is 0.255 e. The van der Waals surface area contributed by atoms with Gasteiger partial charge in [-0.3, -0.25) is 9.59 Å². The molecule has 3 rings (SSSR count). The molecule has 0 spiro atoms. The number of H-pyrrole nitrogens is 1. The van der Waals surface area contributed by atoms with Gasteiger partial charge in [-0.25, -0.2) is 13.1 Å². The lowest BCUT2D eigenvalue weighted by atomic mass is 9.83. The number of methoxy groups -OCH3 is 1. The number of benzene rings is 1. The molecule has 0 aliphatic heterocycles. The number of hydrogen-bond donors (Lipinski definition) is 3. The maximum absolute atomic E-state index is 12.8. The molecule has 0 bridgehead atoms. The van der Waals surface area contributed by atoms with Crippen LogP contribution in [-0.4, -0.2) is 38.7 Å². The molecule has 1 fully saturated rings. The van der Waals surface area contributed by atoms with Gasteiger partial charge in [0.25, 0.3) is 5.56 Å². The first-order valence-electron chi connectivity index (χ1n) is 11.0. The molecule has 1 saturated carbocycles. The summed E-state index contributed by atoms with van der Waals surface area (Å²) in [5.41, 5.74) is 2.58. The predicted molar refractivity (Wildman–Crippen MR) is 129 cm³/mol. The molecule has 1 heterocycles. The number of ether oxygens (including phenoxy) is 1. The Morgan fingerprint density at radius 2 is 1.94 bits per heavy atom. The number of amides is 1. The molecular weight excluding hydrogens is 442 g/mol. The summed E-state index contributed by atoms with van der Waals surface area (Å²) >= 11 is 0. The largest absolute Gasteiger partial charge is 0.496 e. The van der Waals surface area contributed by atoms with E-state index in [9.17, 15) is 18.0 Å². The van der Waals surface area contributed by atoms with Gasteiger partial charge in [0.1, 0.15) is 5.75 Å². The van der Waals surface area contributed by atoms with E-state index in [0.29, 0.717) is 30.6 Å². The minimum absolute atomic E-state index is 0.125. The number of carbonyl (C=O) groups is 1. The van der Waals surface area contributed by atoms with Crippen LogP contribution in [0, 0.1) is 5.92 Å².